The Morgan fingerprint density at radius 2 is 2.25 bits per heavy atom. The third kappa shape index (κ3) is 4.72. The Kier molecular flexibility index (Phi) is 5.24. The van der Waals surface area contributed by atoms with E-state index < -0.39 is 0 Å². The van der Waals surface area contributed by atoms with E-state index in [1.807, 2.05) is 38.4 Å². The summed E-state index contributed by atoms with van der Waals surface area (Å²) in [6.07, 6.45) is 5.18. The number of hydrogen-bond donors (Lipinski definition) is 1. The van der Waals surface area contributed by atoms with Gasteiger partial charge in [0.25, 0.3) is 0 Å². The van der Waals surface area contributed by atoms with Gasteiger partial charge in [0.05, 0.1) is 6.54 Å². The molecule has 1 aromatic rings. The average molecular weight is 218 g/mol. The lowest BCUT2D eigenvalue weighted by Crippen LogP contribution is -2.19. The molecule has 1 N–H and O–H groups in total. The second kappa shape index (κ2) is 6.76. The predicted octanol–water partition coefficient (Wildman–Crippen LogP) is 1.67. The molecule has 0 fully saturated rings. The van der Waals surface area contributed by atoms with Crippen LogP contribution in [0.25, 0.3) is 0 Å². The van der Waals surface area contributed by atoms with Gasteiger partial charge in [0.1, 0.15) is 12.4 Å². The first-order valence-electron chi connectivity index (χ1n) is 5.27. The van der Waals surface area contributed by atoms with E-state index in [4.69, 9.17) is 11.2 Å². The van der Waals surface area contributed by atoms with Gasteiger partial charge in [0.15, 0.2) is 0 Å². The molecule has 0 amide bonds. The second-order valence-corrected chi connectivity index (χ2v) is 3.74. The predicted molar refractivity (Wildman–Crippen MR) is 67.8 cm³/mol. The fourth-order valence-electron chi connectivity index (χ4n) is 1.20. The van der Waals surface area contributed by atoms with Crippen molar-refractivity contribution < 1.29 is 4.74 Å². The minimum Gasteiger partial charge on any atom is -0.492 e. The Hall–Kier alpha value is -1.66. The van der Waals surface area contributed by atoms with Crippen molar-refractivity contribution in [3.63, 3.8) is 0 Å². The minimum absolute atomic E-state index is 0.529. The Morgan fingerprint density at radius 3 is 2.94 bits per heavy atom. The van der Waals surface area contributed by atoms with Crippen molar-refractivity contribution in [1.82, 2.24) is 4.90 Å². The summed E-state index contributed by atoms with van der Waals surface area (Å²) in [5.74, 6) is 3.40. The highest BCUT2D eigenvalue weighted by Crippen LogP contribution is 2.16. The van der Waals surface area contributed by atoms with E-state index in [0.717, 1.165) is 18.0 Å². The molecule has 0 bridgehead atoms. The topological polar surface area (TPSA) is 24.5 Å². The van der Waals surface area contributed by atoms with Crippen molar-refractivity contribution in [2.45, 2.75) is 0 Å². The van der Waals surface area contributed by atoms with E-state index in [2.05, 4.69) is 16.1 Å². The van der Waals surface area contributed by atoms with E-state index >= 15 is 0 Å². The van der Waals surface area contributed by atoms with Crippen LogP contribution in [-0.2, 0) is 0 Å². The van der Waals surface area contributed by atoms with Crippen molar-refractivity contribution in [2.24, 2.45) is 0 Å². The molecule has 0 saturated heterocycles. The summed E-state index contributed by atoms with van der Waals surface area (Å²) < 4.78 is 5.60. The van der Waals surface area contributed by atoms with Crippen molar-refractivity contribution >= 4 is 5.69 Å². The van der Waals surface area contributed by atoms with E-state index in [9.17, 15) is 0 Å². The molecule has 86 valence electrons. The summed E-state index contributed by atoms with van der Waals surface area (Å²) >= 11 is 0. The third-order valence-corrected chi connectivity index (χ3v) is 2.04. The largest absolute Gasteiger partial charge is 0.492 e. The highest BCUT2D eigenvalue weighted by atomic mass is 16.5. The molecule has 16 heavy (non-hydrogen) atoms. The van der Waals surface area contributed by atoms with Crippen molar-refractivity contribution in [2.75, 3.05) is 39.1 Å². The van der Waals surface area contributed by atoms with Gasteiger partial charge in [0, 0.05) is 18.3 Å². The van der Waals surface area contributed by atoms with Crippen LogP contribution in [0.4, 0.5) is 5.69 Å². The molecule has 0 unspecified atom stereocenters. The zero-order valence-electron chi connectivity index (χ0n) is 9.86. The fourth-order valence-corrected chi connectivity index (χ4v) is 1.20. The molecule has 0 aromatic heterocycles. The van der Waals surface area contributed by atoms with E-state index in [1.165, 1.54) is 0 Å². The molecule has 0 aliphatic rings. The second-order valence-electron chi connectivity index (χ2n) is 3.74. The maximum atomic E-state index is 5.60. The number of hydrogen-bond acceptors (Lipinski definition) is 3. The molecule has 1 aromatic carbocycles. The number of rotatable bonds is 6. The van der Waals surface area contributed by atoms with Gasteiger partial charge < -0.3 is 15.0 Å². The summed E-state index contributed by atoms with van der Waals surface area (Å²) in [4.78, 5) is 2.08. The fraction of sp³-hybridized carbons (Fsp3) is 0.385. The van der Waals surface area contributed by atoms with Crippen LogP contribution in [0, 0.1) is 12.3 Å². The zero-order valence-corrected chi connectivity index (χ0v) is 9.86. The first-order chi connectivity index (χ1) is 7.72. The number of benzene rings is 1. The molecule has 0 aliphatic heterocycles. The van der Waals surface area contributed by atoms with Crippen LogP contribution in [0.1, 0.15) is 0 Å². The number of anilines is 1. The highest BCUT2D eigenvalue weighted by Gasteiger charge is 1.96. The molecule has 0 spiro atoms. The average Bonchev–Trinajstić information content (AvgIpc) is 2.26. The summed E-state index contributed by atoms with van der Waals surface area (Å²) in [6.45, 7) is 2.12. The van der Waals surface area contributed by atoms with Gasteiger partial charge in [0.2, 0.25) is 0 Å². The smallest absolute Gasteiger partial charge is 0.121 e. The van der Waals surface area contributed by atoms with Gasteiger partial charge in [-0.15, -0.1) is 6.42 Å². The first kappa shape index (κ1) is 12.4. The van der Waals surface area contributed by atoms with Crippen molar-refractivity contribution in [3.8, 4) is 18.1 Å². The molecule has 3 nitrogen and oxygen atoms in total. The van der Waals surface area contributed by atoms with Gasteiger partial charge in [-0.3, -0.25) is 0 Å². The highest BCUT2D eigenvalue weighted by molar-refractivity contribution is 5.48. The quantitative estimate of drug-likeness (QED) is 0.735. The van der Waals surface area contributed by atoms with E-state index in [0.29, 0.717) is 13.2 Å². The molecule has 0 atom stereocenters. The van der Waals surface area contributed by atoms with Gasteiger partial charge >= 0.3 is 0 Å². The van der Waals surface area contributed by atoms with Gasteiger partial charge in [-0.1, -0.05) is 12.0 Å². The Bertz CT molecular complexity index is 355. The van der Waals surface area contributed by atoms with Crippen molar-refractivity contribution in [3.05, 3.63) is 24.3 Å². The van der Waals surface area contributed by atoms with E-state index in [-0.39, 0.29) is 0 Å². The van der Waals surface area contributed by atoms with Gasteiger partial charge in [-0.05, 0) is 26.2 Å². The summed E-state index contributed by atoms with van der Waals surface area (Å²) in [6, 6.07) is 7.81. The van der Waals surface area contributed by atoms with Gasteiger partial charge in [-0.2, -0.15) is 0 Å². The maximum absolute atomic E-state index is 5.60. The van der Waals surface area contributed by atoms with Crippen molar-refractivity contribution in [1.29, 1.82) is 0 Å². The number of ether oxygens (including phenoxy) is 1. The lowest BCUT2D eigenvalue weighted by molar-refractivity contribution is 0.261. The SMILES string of the molecule is C#CCNc1cccc(OCCN(C)C)c1. The number of likely N-dealkylation sites (N-methyl/N-ethyl adjacent to an activating group) is 1. The molecular weight excluding hydrogens is 200 g/mol. The standard InChI is InChI=1S/C13H18N2O/c1-4-8-14-12-6-5-7-13(11-12)16-10-9-15(2)3/h1,5-7,11,14H,8-10H2,2-3H3. The third-order valence-electron chi connectivity index (χ3n) is 2.04. The van der Waals surface area contributed by atoms with Crippen LogP contribution in [0.2, 0.25) is 0 Å². The number of nitrogens with zero attached hydrogens (tertiary/aromatic N) is 1. The lowest BCUT2D eigenvalue weighted by Gasteiger charge is -2.11. The molecule has 3 heteroatoms. The normalized spacial score (nSPS) is 9.88. The summed E-state index contributed by atoms with van der Waals surface area (Å²) in [5.41, 5.74) is 0.986. The van der Waals surface area contributed by atoms with Crippen LogP contribution in [0.5, 0.6) is 5.75 Å². The van der Waals surface area contributed by atoms with Crippen LogP contribution in [0.15, 0.2) is 24.3 Å². The molecule has 0 heterocycles. The van der Waals surface area contributed by atoms with E-state index in [1.54, 1.807) is 0 Å². The minimum atomic E-state index is 0.529. The van der Waals surface area contributed by atoms with Crippen LogP contribution in [-0.4, -0.2) is 38.7 Å². The summed E-state index contributed by atoms with van der Waals surface area (Å²) in [5, 5.41) is 3.11. The molecular formula is C13H18N2O. The van der Waals surface area contributed by atoms with Crippen LogP contribution < -0.4 is 10.1 Å². The summed E-state index contributed by atoms with van der Waals surface area (Å²) in [7, 11) is 4.04. The van der Waals surface area contributed by atoms with Crippen LogP contribution in [0.3, 0.4) is 0 Å². The molecule has 0 saturated carbocycles. The van der Waals surface area contributed by atoms with Gasteiger partial charge in [-0.25, -0.2) is 0 Å². The Labute approximate surface area is 97.4 Å². The zero-order chi connectivity index (χ0) is 11.8. The molecule has 0 aliphatic carbocycles. The molecule has 0 radical (unpaired) electrons. The Balaban J connectivity index is 2.44. The lowest BCUT2D eigenvalue weighted by atomic mass is 10.3. The maximum Gasteiger partial charge on any atom is 0.121 e. The molecule has 1 rings (SSSR count). The van der Waals surface area contributed by atoms with Crippen LogP contribution >= 0.6 is 0 Å². The number of terminal acetylenes is 1. The number of nitrogens with one attached hydrogen (secondary N) is 1. The first-order valence-corrected chi connectivity index (χ1v) is 5.27. The Morgan fingerprint density at radius 1 is 1.44 bits per heavy atom. The monoisotopic (exact) mass is 218 g/mol.